The Morgan fingerprint density at radius 2 is 1.84 bits per heavy atom. The smallest absolute Gasteiger partial charge is 0.221 e. The lowest BCUT2D eigenvalue weighted by atomic mass is 9.89. The molecule has 19 heavy (non-hydrogen) atoms. The van der Waals surface area contributed by atoms with Gasteiger partial charge in [-0.2, -0.15) is 0 Å². The van der Waals surface area contributed by atoms with Gasteiger partial charge in [-0.1, -0.05) is 26.7 Å². The average molecular weight is 268 g/mol. The molecule has 0 saturated heterocycles. The monoisotopic (exact) mass is 268 g/mol. The molecule has 2 N–H and O–H groups in total. The molecule has 3 nitrogen and oxygen atoms in total. The topological polar surface area (TPSA) is 41.1 Å². The first-order valence-corrected chi connectivity index (χ1v) is 8.01. The van der Waals surface area contributed by atoms with Crippen molar-refractivity contribution >= 4 is 5.91 Å². The van der Waals surface area contributed by atoms with Crippen LogP contribution in [0.1, 0.15) is 66.2 Å². The second-order valence-electron chi connectivity index (χ2n) is 6.64. The van der Waals surface area contributed by atoms with Crippen LogP contribution in [-0.4, -0.2) is 24.5 Å². The van der Waals surface area contributed by atoms with Crippen molar-refractivity contribution in [3.63, 3.8) is 0 Å². The van der Waals surface area contributed by atoms with Crippen LogP contribution in [0.25, 0.3) is 0 Å². The van der Waals surface area contributed by atoms with Crippen molar-refractivity contribution in [1.29, 1.82) is 0 Å². The highest BCUT2D eigenvalue weighted by molar-refractivity contribution is 5.76. The van der Waals surface area contributed by atoms with Gasteiger partial charge < -0.3 is 10.6 Å². The summed E-state index contributed by atoms with van der Waals surface area (Å²) in [6.45, 7) is 9.50. The Balaban J connectivity index is 2.18. The summed E-state index contributed by atoms with van der Waals surface area (Å²) in [5.41, 5.74) is 0. The number of amides is 1. The SMILES string of the molecule is CC(C)NC(=O)CCNC1CCCC(C(C)C)CC1. The van der Waals surface area contributed by atoms with Crippen molar-refractivity contribution in [2.45, 2.75) is 78.3 Å². The van der Waals surface area contributed by atoms with Gasteiger partial charge in [0, 0.05) is 25.0 Å². The summed E-state index contributed by atoms with van der Waals surface area (Å²) in [7, 11) is 0. The van der Waals surface area contributed by atoms with E-state index in [1.54, 1.807) is 0 Å². The maximum absolute atomic E-state index is 11.6. The Bertz CT molecular complexity index is 263. The van der Waals surface area contributed by atoms with Crippen LogP contribution in [0.2, 0.25) is 0 Å². The number of nitrogens with one attached hydrogen (secondary N) is 2. The van der Waals surface area contributed by atoms with E-state index in [0.29, 0.717) is 12.5 Å². The first kappa shape index (κ1) is 16.5. The van der Waals surface area contributed by atoms with E-state index in [1.165, 1.54) is 32.1 Å². The van der Waals surface area contributed by atoms with Gasteiger partial charge in [0.1, 0.15) is 0 Å². The summed E-state index contributed by atoms with van der Waals surface area (Å²) in [5, 5.41) is 6.50. The van der Waals surface area contributed by atoms with Gasteiger partial charge in [-0.25, -0.2) is 0 Å². The molecule has 1 fully saturated rings. The molecule has 1 amide bonds. The molecule has 0 aromatic rings. The first-order chi connectivity index (χ1) is 8.99. The second-order valence-corrected chi connectivity index (χ2v) is 6.64. The van der Waals surface area contributed by atoms with Crippen molar-refractivity contribution in [3.05, 3.63) is 0 Å². The highest BCUT2D eigenvalue weighted by Gasteiger charge is 2.20. The van der Waals surface area contributed by atoms with Crippen LogP contribution < -0.4 is 10.6 Å². The van der Waals surface area contributed by atoms with Crippen LogP contribution in [0.3, 0.4) is 0 Å². The molecule has 0 bridgehead atoms. The molecule has 0 aromatic heterocycles. The number of carbonyl (C=O) groups excluding carboxylic acids is 1. The van der Waals surface area contributed by atoms with Crippen LogP contribution in [0.4, 0.5) is 0 Å². The fraction of sp³-hybridized carbons (Fsp3) is 0.938. The lowest BCUT2D eigenvalue weighted by Crippen LogP contribution is -2.35. The minimum Gasteiger partial charge on any atom is -0.354 e. The maximum atomic E-state index is 11.6. The Morgan fingerprint density at radius 3 is 2.47 bits per heavy atom. The molecular weight excluding hydrogens is 236 g/mol. The molecule has 3 heteroatoms. The number of carbonyl (C=O) groups is 1. The van der Waals surface area contributed by atoms with Crippen LogP contribution >= 0.6 is 0 Å². The van der Waals surface area contributed by atoms with E-state index in [1.807, 2.05) is 13.8 Å². The molecule has 0 spiro atoms. The summed E-state index contributed by atoms with van der Waals surface area (Å²) < 4.78 is 0. The quantitative estimate of drug-likeness (QED) is 0.727. The van der Waals surface area contributed by atoms with Gasteiger partial charge in [-0.15, -0.1) is 0 Å². The van der Waals surface area contributed by atoms with Gasteiger partial charge >= 0.3 is 0 Å². The molecule has 0 aromatic carbocycles. The van der Waals surface area contributed by atoms with Gasteiger partial charge in [-0.05, 0) is 44.9 Å². The molecule has 1 aliphatic rings. The third-order valence-corrected chi connectivity index (χ3v) is 4.19. The summed E-state index contributed by atoms with van der Waals surface area (Å²) in [4.78, 5) is 11.6. The average Bonchev–Trinajstić information content (AvgIpc) is 2.53. The van der Waals surface area contributed by atoms with Crippen molar-refractivity contribution in [2.75, 3.05) is 6.54 Å². The number of hydrogen-bond acceptors (Lipinski definition) is 2. The molecule has 2 atom stereocenters. The minimum absolute atomic E-state index is 0.163. The van der Waals surface area contributed by atoms with E-state index in [4.69, 9.17) is 0 Å². The molecule has 2 unspecified atom stereocenters. The van der Waals surface area contributed by atoms with Crippen molar-refractivity contribution in [2.24, 2.45) is 11.8 Å². The second kappa shape index (κ2) is 8.57. The largest absolute Gasteiger partial charge is 0.354 e. The zero-order valence-electron chi connectivity index (χ0n) is 13.2. The summed E-state index contributed by atoms with van der Waals surface area (Å²) in [6.07, 6.45) is 7.20. The predicted octanol–water partition coefficient (Wildman–Crippen LogP) is 3.10. The van der Waals surface area contributed by atoms with Gasteiger partial charge in [0.15, 0.2) is 0 Å². The van der Waals surface area contributed by atoms with E-state index in [-0.39, 0.29) is 11.9 Å². The van der Waals surface area contributed by atoms with Crippen LogP contribution in [0.15, 0.2) is 0 Å². The maximum Gasteiger partial charge on any atom is 0.221 e. The van der Waals surface area contributed by atoms with E-state index in [9.17, 15) is 4.79 Å². The summed E-state index contributed by atoms with van der Waals surface area (Å²) in [6, 6.07) is 0.868. The lowest BCUT2D eigenvalue weighted by molar-refractivity contribution is -0.121. The number of hydrogen-bond donors (Lipinski definition) is 2. The van der Waals surface area contributed by atoms with Crippen LogP contribution in [0.5, 0.6) is 0 Å². The van der Waals surface area contributed by atoms with Crippen LogP contribution in [-0.2, 0) is 4.79 Å². The van der Waals surface area contributed by atoms with Gasteiger partial charge in [0.25, 0.3) is 0 Å². The standard InChI is InChI=1S/C16H32N2O/c1-12(2)14-6-5-7-15(9-8-14)17-11-10-16(19)18-13(3)4/h12-15,17H,5-11H2,1-4H3,(H,18,19). The van der Waals surface area contributed by atoms with Crippen molar-refractivity contribution in [1.82, 2.24) is 10.6 Å². The fourth-order valence-electron chi connectivity index (χ4n) is 2.99. The van der Waals surface area contributed by atoms with Crippen molar-refractivity contribution in [3.8, 4) is 0 Å². The van der Waals surface area contributed by atoms with Gasteiger partial charge in [0.2, 0.25) is 5.91 Å². The summed E-state index contributed by atoms with van der Waals surface area (Å²) in [5.74, 6) is 1.88. The fourth-order valence-corrected chi connectivity index (χ4v) is 2.99. The predicted molar refractivity (Wildman–Crippen MR) is 81.1 cm³/mol. The molecule has 1 saturated carbocycles. The molecule has 0 aliphatic heterocycles. The molecule has 1 rings (SSSR count). The highest BCUT2D eigenvalue weighted by atomic mass is 16.1. The minimum atomic E-state index is 0.163. The van der Waals surface area contributed by atoms with E-state index < -0.39 is 0 Å². The Kier molecular flexibility index (Phi) is 7.44. The Hall–Kier alpha value is -0.570. The Morgan fingerprint density at radius 1 is 1.11 bits per heavy atom. The first-order valence-electron chi connectivity index (χ1n) is 8.01. The summed E-state index contributed by atoms with van der Waals surface area (Å²) >= 11 is 0. The van der Waals surface area contributed by atoms with Gasteiger partial charge in [0.05, 0.1) is 0 Å². The highest BCUT2D eigenvalue weighted by Crippen LogP contribution is 2.28. The zero-order valence-corrected chi connectivity index (χ0v) is 13.2. The third-order valence-electron chi connectivity index (χ3n) is 4.19. The lowest BCUT2D eigenvalue weighted by Gasteiger charge is -2.19. The van der Waals surface area contributed by atoms with E-state index in [0.717, 1.165) is 18.4 Å². The molecular formula is C16H32N2O. The molecule has 1 aliphatic carbocycles. The third kappa shape index (κ3) is 6.95. The van der Waals surface area contributed by atoms with Crippen molar-refractivity contribution < 1.29 is 4.79 Å². The zero-order chi connectivity index (χ0) is 14.3. The van der Waals surface area contributed by atoms with Gasteiger partial charge in [-0.3, -0.25) is 4.79 Å². The molecule has 0 radical (unpaired) electrons. The van der Waals surface area contributed by atoms with Crippen LogP contribution in [0, 0.1) is 11.8 Å². The normalized spacial score (nSPS) is 24.5. The number of rotatable bonds is 6. The van der Waals surface area contributed by atoms with E-state index >= 15 is 0 Å². The molecule has 0 heterocycles. The van der Waals surface area contributed by atoms with E-state index in [2.05, 4.69) is 24.5 Å². The molecule has 112 valence electrons. The Labute approximate surface area is 118 Å².